The van der Waals surface area contributed by atoms with Gasteiger partial charge in [0.05, 0.1) is 16.9 Å². The number of hydrogen-bond donors (Lipinski definition) is 0. The molecule has 26 heavy (non-hydrogen) atoms. The first-order valence-electron chi connectivity index (χ1n) is 9.09. The lowest BCUT2D eigenvalue weighted by Gasteiger charge is -2.34. The van der Waals surface area contributed by atoms with Crippen LogP contribution < -0.4 is 4.90 Å². The van der Waals surface area contributed by atoms with E-state index >= 15 is 0 Å². The first-order valence-corrected chi connectivity index (χ1v) is 9.91. The molecule has 2 aromatic carbocycles. The van der Waals surface area contributed by atoms with E-state index in [0.717, 1.165) is 37.7 Å². The molecule has 1 fully saturated rings. The number of hydrogen-bond acceptors (Lipinski definition) is 5. The van der Waals surface area contributed by atoms with Crippen LogP contribution in [0.15, 0.2) is 53.5 Å². The standard InChI is InChI=1S/C21H22N4S/c1-23-11-13-25(14-12-23)20-19-15-7-3-6-10-18(15)26-21(19)24(2)17-9-5-4-8-16(17)22-20/h3-10H,11-14H2,1-2H3. The molecule has 3 heterocycles. The van der Waals surface area contributed by atoms with E-state index in [1.54, 1.807) is 0 Å². The molecule has 2 aliphatic rings. The van der Waals surface area contributed by atoms with Gasteiger partial charge in [-0.3, -0.25) is 0 Å². The number of rotatable bonds is 0. The summed E-state index contributed by atoms with van der Waals surface area (Å²) in [5.74, 6) is 1.13. The predicted molar refractivity (Wildman–Crippen MR) is 112 cm³/mol. The van der Waals surface area contributed by atoms with Gasteiger partial charge in [-0.2, -0.15) is 0 Å². The summed E-state index contributed by atoms with van der Waals surface area (Å²) in [5.41, 5.74) is 3.51. The van der Waals surface area contributed by atoms with Crippen molar-refractivity contribution in [2.75, 3.05) is 45.2 Å². The van der Waals surface area contributed by atoms with E-state index in [4.69, 9.17) is 4.99 Å². The highest BCUT2D eigenvalue weighted by Gasteiger charge is 2.29. The average molecular weight is 363 g/mol. The highest BCUT2D eigenvalue weighted by molar-refractivity contribution is 7.23. The van der Waals surface area contributed by atoms with Crippen molar-refractivity contribution in [1.82, 2.24) is 9.80 Å². The Morgan fingerprint density at radius 3 is 2.46 bits per heavy atom. The lowest BCUT2D eigenvalue weighted by molar-refractivity contribution is 0.216. The number of thiophene rings is 1. The molecule has 3 aromatic rings. The van der Waals surface area contributed by atoms with E-state index in [0.29, 0.717) is 0 Å². The maximum Gasteiger partial charge on any atom is 0.140 e. The van der Waals surface area contributed by atoms with Gasteiger partial charge in [-0.25, -0.2) is 4.99 Å². The minimum absolute atomic E-state index is 1.02. The monoisotopic (exact) mass is 362 g/mol. The molecule has 1 saturated heterocycles. The normalized spacial score (nSPS) is 17.7. The molecule has 5 rings (SSSR count). The van der Waals surface area contributed by atoms with Gasteiger partial charge in [0.15, 0.2) is 0 Å². The number of benzene rings is 2. The average Bonchev–Trinajstić information content (AvgIpc) is 3.01. The lowest BCUT2D eigenvalue weighted by atomic mass is 10.1. The van der Waals surface area contributed by atoms with Crippen LogP contribution in [0.25, 0.3) is 10.1 Å². The van der Waals surface area contributed by atoms with Gasteiger partial charge >= 0.3 is 0 Å². The molecule has 0 radical (unpaired) electrons. The van der Waals surface area contributed by atoms with Gasteiger partial charge in [0.1, 0.15) is 10.8 Å². The van der Waals surface area contributed by atoms with Crippen molar-refractivity contribution in [2.45, 2.75) is 0 Å². The molecular weight excluding hydrogens is 340 g/mol. The number of piperazine rings is 1. The van der Waals surface area contributed by atoms with Crippen LogP contribution in [0.2, 0.25) is 0 Å². The molecule has 4 nitrogen and oxygen atoms in total. The number of amidine groups is 1. The quantitative estimate of drug-likeness (QED) is 0.595. The van der Waals surface area contributed by atoms with Crippen LogP contribution >= 0.6 is 11.3 Å². The van der Waals surface area contributed by atoms with Crippen LogP contribution in [-0.4, -0.2) is 55.9 Å². The molecule has 0 aliphatic carbocycles. The predicted octanol–water partition coefficient (Wildman–Crippen LogP) is 4.31. The number of para-hydroxylation sites is 2. The Labute approximate surface area is 158 Å². The zero-order chi connectivity index (χ0) is 17.7. The molecule has 0 bridgehead atoms. The van der Waals surface area contributed by atoms with Crippen LogP contribution in [0.5, 0.6) is 0 Å². The number of fused-ring (bicyclic) bond motifs is 4. The summed E-state index contributed by atoms with van der Waals surface area (Å²) in [5, 5.41) is 2.60. The largest absolute Gasteiger partial charge is 0.353 e. The third-order valence-electron chi connectivity index (χ3n) is 5.38. The van der Waals surface area contributed by atoms with Crippen molar-refractivity contribution >= 4 is 43.6 Å². The molecular formula is C21H22N4S. The fraction of sp³-hybridized carbons (Fsp3) is 0.286. The van der Waals surface area contributed by atoms with Crippen LogP contribution in [-0.2, 0) is 0 Å². The van der Waals surface area contributed by atoms with Crippen LogP contribution in [0.1, 0.15) is 5.56 Å². The number of likely N-dealkylation sites (N-methyl/N-ethyl adjacent to an activating group) is 1. The van der Waals surface area contributed by atoms with Gasteiger partial charge in [0.2, 0.25) is 0 Å². The Morgan fingerprint density at radius 1 is 0.885 bits per heavy atom. The zero-order valence-corrected chi connectivity index (χ0v) is 16.0. The molecule has 2 aliphatic heterocycles. The molecule has 0 amide bonds. The molecule has 1 aromatic heterocycles. The van der Waals surface area contributed by atoms with Crippen molar-refractivity contribution in [3.8, 4) is 0 Å². The molecule has 0 spiro atoms. The SMILES string of the molecule is CN1CCN(C2=Nc3ccccc3N(C)c3sc4ccccc4c32)CC1. The highest BCUT2D eigenvalue weighted by Crippen LogP contribution is 2.46. The van der Waals surface area contributed by atoms with Gasteiger partial charge < -0.3 is 14.7 Å². The molecule has 0 atom stereocenters. The molecule has 0 N–H and O–H groups in total. The summed E-state index contributed by atoms with van der Waals surface area (Å²) < 4.78 is 1.32. The van der Waals surface area contributed by atoms with E-state index in [2.05, 4.69) is 77.3 Å². The highest BCUT2D eigenvalue weighted by atomic mass is 32.1. The first kappa shape index (κ1) is 15.9. The third kappa shape index (κ3) is 2.42. The fourth-order valence-electron chi connectivity index (χ4n) is 3.85. The smallest absolute Gasteiger partial charge is 0.140 e. The maximum absolute atomic E-state index is 5.19. The van der Waals surface area contributed by atoms with Gasteiger partial charge in [-0.1, -0.05) is 30.3 Å². The van der Waals surface area contributed by atoms with Crippen molar-refractivity contribution in [2.24, 2.45) is 4.99 Å². The van der Waals surface area contributed by atoms with Crippen molar-refractivity contribution in [3.05, 3.63) is 54.1 Å². The Bertz CT molecular complexity index is 998. The topological polar surface area (TPSA) is 22.1 Å². The summed E-state index contributed by atoms with van der Waals surface area (Å²) in [4.78, 5) is 12.4. The lowest BCUT2D eigenvalue weighted by Crippen LogP contribution is -2.47. The van der Waals surface area contributed by atoms with E-state index in [1.165, 1.54) is 26.3 Å². The number of nitrogens with zero attached hydrogens (tertiary/aromatic N) is 4. The van der Waals surface area contributed by atoms with Crippen LogP contribution in [0.3, 0.4) is 0 Å². The minimum Gasteiger partial charge on any atom is -0.353 e. The van der Waals surface area contributed by atoms with Crippen LogP contribution in [0.4, 0.5) is 16.4 Å². The van der Waals surface area contributed by atoms with Crippen LogP contribution in [0, 0.1) is 0 Å². The second kappa shape index (κ2) is 6.11. The molecule has 5 heteroatoms. The number of anilines is 2. The maximum atomic E-state index is 5.19. The van der Waals surface area contributed by atoms with E-state index in [9.17, 15) is 0 Å². The van der Waals surface area contributed by atoms with Gasteiger partial charge in [-0.15, -0.1) is 11.3 Å². The summed E-state index contributed by atoms with van der Waals surface area (Å²) >= 11 is 1.86. The van der Waals surface area contributed by atoms with E-state index in [1.807, 2.05) is 11.3 Å². The Kier molecular flexibility index (Phi) is 3.72. The number of aliphatic imine (C=N–C) groups is 1. The Hall–Kier alpha value is -2.37. The summed E-state index contributed by atoms with van der Waals surface area (Å²) in [7, 11) is 4.36. The summed E-state index contributed by atoms with van der Waals surface area (Å²) in [6, 6.07) is 17.2. The van der Waals surface area contributed by atoms with Gasteiger partial charge in [-0.05, 0) is 25.2 Å². The third-order valence-corrected chi connectivity index (χ3v) is 6.62. The second-order valence-corrected chi connectivity index (χ2v) is 8.08. The Morgan fingerprint density at radius 2 is 1.62 bits per heavy atom. The summed E-state index contributed by atoms with van der Waals surface area (Å²) in [6.07, 6.45) is 0. The fourth-order valence-corrected chi connectivity index (χ4v) is 5.03. The molecule has 0 saturated carbocycles. The van der Waals surface area contributed by atoms with Crippen molar-refractivity contribution in [1.29, 1.82) is 0 Å². The minimum atomic E-state index is 1.02. The molecule has 0 unspecified atom stereocenters. The van der Waals surface area contributed by atoms with Crippen molar-refractivity contribution in [3.63, 3.8) is 0 Å². The second-order valence-electron chi connectivity index (χ2n) is 7.05. The molecule has 132 valence electrons. The zero-order valence-electron chi connectivity index (χ0n) is 15.1. The van der Waals surface area contributed by atoms with Gasteiger partial charge in [0, 0.05) is 43.3 Å². The van der Waals surface area contributed by atoms with E-state index < -0.39 is 0 Å². The van der Waals surface area contributed by atoms with Gasteiger partial charge in [0.25, 0.3) is 0 Å². The first-order chi connectivity index (χ1) is 12.7. The summed E-state index contributed by atoms with van der Waals surface area (Å²) in [6.45, 7) is 4.19. The van der Waals surface area contributed by atoms with E-state index in [-0.39, 0.29) is 0 Å². The Balaban J connectivity index is 1.76. The van der Waals surface area contributed by atoms with Crippen molar-refractivity contribution < 1.29 is 0 Å².